The summed E-state index contributed by atoms with van der Waals surface area (Å²) in [5.74, 6) is 0.245. The van der Waals surface area contributed by atoms with Crippen LogP contribution < -0.4 is 15.5 Å². The highest BCUT2D eigenvalue weighted by molar-refractivity contribution is 9.10. The van der Waals surface area contributed by atoms with E-state index in [1.807, 2.05) is 92.2 Å². The molecule has 0 saturated carbocycles. The van der Waals surface area contributed by atoms with E-state index in [1.54, 1.807) is 58.9 Å². The summed E-state index contributed by atoms with van der Waals surface area (Å²) < 4.78 is 73.6. The van der Waals surface area contributed by atoms with Crippen LogP contribution in [0, 0.1) is 37.1 Å². The molecule has 2 aliphatic rings. The van der Waals surface area contributed by atoms with E-state index in [0.29, 0.717) is 94.5 Å². The summed E-state index contributed by atoms with van der Waals surface area (Å²) in [6.45, 7) is 27.9. The van der Waals surface area contributed by atoms with Crippen LogP contribution in [0.2, 0.25) is 0 Å². The molecule has 19 nitrogen and oxygen atoms in total. The average Bonchev–Trinajstić information content (AvgIpc) is 2.68. The molecule has 2 fully saturated rings. The number of fused-ring (bicyclic) bond motifs is 2. The Bertz CT molecular complexity index is 3610. The molecular weight excluding hydrogens is 1140 g/mol. The van der Waals surface area contributed by atoms with E-state index >= 15 is 4.39 Å². The van der Waals surface area contributed by atoms with Crippen LogP contribution in [0.4, 0.5) is 44.5 Å². The molecule has 0 aliphatic carbocycles. The van der Waals surface area contributed by atoms with Crippen LogP contribution in [0.5, 0.6) is 0 Å². The maximum atomic E-state index is 15.0. The predicted molar refractivity (Wildman–Crippen MR) is 315 cm³/mol. The van der Waals surface area contributed by atoms with E-state index in [2.05, 4.69) is 65.6 Å². The van der Waals surface area contributed by atoms with E-state index in [0.717, 1.165) is 42.7 Å². The summed E-state index contributed by atoms with van der Waals surface area (Å²) >= 11 is 3.21. The Morgan fingerprint density at radius 2 is 0.952 bits per heavy atom. The summed E-state index contributed by atoms with van der Waals surface area (Å²) in [7, 11) is 0. The van der Waals surface area contributed by atoms with Crippen LogP contribution in [0.3, 0.4) is 0 Å². The fourth-order valence-corrected chi connectivity index (χ4v) is 10.1. The zero-order valence-corrected chi connectivity index (χ0v) is 50.4. The maximum Gasteiger partial charge on any atom is 0.410 e. The van der Waals surface area contributed by atoms with Gasteiger partial charge in [-0.25, -0.2) is 62.0 Å². The number of anilines is 3. The molecule has 0 atom stereocenters. The van der Waals surface area contributed by atoms with Crippen molar-refractivity contribution in [2.45, 2.75) is 113 Å². The quantitative estimate of drug-likeness (QED) is 0.111. The molecule has 2 aromatic carbocycles. The van der Waals surface area contributed by atoms with Gasteiger partial charge in [-0.3, -0.25) is 4.98 Å². The van der Waals surface area contributed by atoms with E-state index in [4.69, 9.17) is 15.2 Å². The van der Waals surface area contributed by atoms with Gasteiger partial charge >= 0.3 is 12.2 Å². The number of benzene rings is 2. The monoisotopic (exact) mass is 1210 g/mol. The third-order valence-electron chi connectivity index (χ3n) is 13.5. The van der Waals surface area contributed by atoms with Crippen LogP contribution in [-0.4, -0.2) is 135 Å². The molecule has 8 heterocycles. The van der Waals surface area contributed by atoms with Gasteiger partial charge in [0.1, 0.15) is 55.9 Å². The van der Waals surface area contributed by atoms with Gasteiger partial charge in [0.05, 0.1) is 66.0 Å². The fraction of sp³-hybridized carbons (Fsp3) is 0.424. The minimum atomic E-state index is -0.540. The number of hydrogen-bond donors (Lipinski definition) is 1. The first-order valence-electron chi connectivity index (χ1n) is 27.3. The minimum absolute atomic E-state index is 0.0708. The highest BCUT2D eigenvalue weighted by Gasteiger charge is 2.28. The second kappa shape index (κ2) is 25.2. The van der Waals surface area contributed by atoms with Gasteiger partial charge in [-0.05, 0) is 147 Å². The molecule has 2 saturated heterocycles. The van der Waals surface area contributed by atoms with E-state index in [9.17, 15) is 22.8 Å². The Balaban J connectivity index is 0.000000180. The van der Waals surface area contributed by atoms with Gasteiger partial charge in [0.15, 0.2) is 11.6 Å². The number of nitrogens with two attached hydrogens (primary N) is 1. The number of carbonyl (C=O) groups is 2. The van der Waals surface area contributed by atoms with Crippen molar-refractivity contribution >= 4 is 67.5 Å². The van der Waals surface area contributed by atoms with Crippen molar-refractivity contribution < 1.29 is 36.6 Å². The number of ether oxygens (including phenoxy) is 2. The molecular formula is C59H70BrF4N15O4. The molecule has 2 amide bonds. The normalized spacial score (nSPS) is 14.0. The number of amides is 2. The summed E-state index contributed by atoms with van der Waals surface area (Å²) in [5.41, 5.74) is 10.1. The molecule has 8 aromatic rings. The lowest BCUT2D eigenvalue weighted by Gasteiger charge is -2.36. The number of rotatable bonds is 8. The molecule has 440 valence electrons. The molecule has 0 unspecified atom stereocenters. The molecule has 24 heteroatoms. The van der Waals surface area contributed by atoms with Gasteiger partial charge < -0.3 is 43.9 Å². The number of carbonyl (C=O) groups excluding carboxylic acids is 2. The lowest BCUT2D eigenvalue weighted by atomic mass is 10.0. The largest absolute Gasteiger partial charge is 0.444 e. The van der Waals surface area contributed by atoms with E-state index in [1.165, 1.54) is 12.1 Å². The fourth-order valence-electron chi connectivity index (χ4n) is 9.79. The number of halogens is 5. The maximum absolute atomic E-state index is 15.0. The lowest BCUT2D eigenvalue weighted by molar-refractivity contribution is 0.0230. The smallest absolute Gasteiger partial charge is 0.410 e. The number of aromatic nitrogens is 10. The van der Waals surface area contributed by atoms with Crippen LogP contribution in [0.25, 0.3) is 44.3 Å². The summed E-state index contributed by atoms with van der Waals surface area (Å²) in [6, 6.07) is 9.53. The Hall–Kier alpha value is -8.02. The van der Waals surface area contributed by atoms with Crippen molar-refractivity contribution in [3.8, 4) is 22.3 Å². The lowest BCUT2D eigenvalue weighted by Crippen LogP contribution is -2.50. The molecule has 0 radical (unpaired) electrons. The SMILES string of the molecule is CC(C)(C)OC(=O)N1CCN(c2cnc(N)nc2)CC1.Cc1nc2c(F)cc(-c3cc(Br)ncc3F)cc2n1C(C)C.Cc1nc2c(F)cc(-c3cc(Cc4ncc(N5CCN(C(=O)OC(C)(C)C)CC5)cn4)ncc3F)cc2n1C(C)C. The number of pyridine rings is 2. The number of nitrogens with zero attached hydrogens (tertiary/aromatic N) is 14. The first-order valence-corrected chi connectivity index (χ1v) is 28.1. The Morgan fingerprint density at radius 1 is 0.554 bits per heavy atom. The third kappa shape index (κ3) is 15.0. The van der Waals surface area contributed by atoms with Gasteiger partial charge in [0, 0.05) is 81.3 Å². The van der Waals surface area contributed by atoms with Gasteiger partial charge in [0.2, 0.25) is 5.95 Å². The highest BCUT2D eigenvalue weighted by atomic mass is 79.9. The zero-order chi connectivity index (χ0) is 60.2. The number of nitrogen functional groups attached to an aromatic ring is 1. The van der Waals surface area contributed by atoms with Crippen LogP contribution in [0.1, 0.15) is 104 Å². The molecule has 0 bridgehead atoms. The van der Waals surface area contributed by atoms with Crippen molar-refractivity contribution in [3.63, 3.8) is 0 Å². The zero-order valence-electron chi connectivity index (χ0n) is 48.8. The Kier molecular flexibility index (Phi) is 18.6. The van der Waals surface area contributed by atoms with Crippen molar-refractivity contribution in [1.82, 2.24) is 58.8 Å². The summed E-state index contributed by atoms with van der Waals surface area (Å²) in [5, 5.41) is 0. The van der Waals surface area contributed by atoms with E-state index < -0.39 is 34.5 Å². The van der Waals surface area contributed by atoms with Gasteiger partial charge in [-0.2, -0.15) is 0 Å². The van der Waals surface area contributed by atoms with Gasteiger partial charge in [-0.1, -0.05) is 0 Å². The van der Waals surface area contributed by atoms with Gasteiger partial charge in [0.25, 0.3) is 0 Å². The first kappa shape index (κ1) is 61.1. The van der Waals surface area contributed by atoms with Crippen LogP contribution in [-0.2, 0) is 15.9 Å². The predicted octanol–water partition coefficient (Wildman–Crippen LogP) is 11.8. The topological polar surface area (TPSA) is 205 Å². The number of imidazole rings is 2. The van der Waals surface area contributed by atoms with Crippen molar-refractivity contribution in [3.05, 3.63) is 125 Å². The molecule has 6 aromatic heterocycles. The molecule has 2 aliphatic heterocycles. The average molecular weight is 1210 g/mol. The molecule has 83 heavy (non-hydrogen) atoms. The standard InChI is InChI=1S/C30H35F2N7O2.C16H14BrF2N3.C13H21N5O2/c1-18(2)39-19(3)36-28-24(31)11-20(12-26(28)39)23-13-21(33-17-25(23)32)14-27-34-15-22(16-35-27)37-7-9-38(10-8-37)29(40)41-30(4,5)6;1-8(2)22-9(3)21-16-12(18)4-10(5-14(16)22)11-6-15(17)20-7-13(11)19;1-13(2,3)20-12(19)18-6-4-17(5-7-18)10-8-15-11(14)16-9-10/h11-13,15-18H,7-10,14H2,1-6H3;4-8H,1-3H3;8-9H,4-7H2,1-3H3,(H2,14,15,16). The van der Waals surface area contributed by atoms with Crippen molar-refractivity contribution in [2.24, 2.45) is 0 Å². The molecule has 0 spiro atoms. The number of aryl methyl sites for hydroxylation is 2. The molecule has 10 rings (SSSR count). The first-order chi connectivity index (χ1) is 39.1. The second-order valence-electron chi connectivity index (χ2n) is 22.8. The Morgan fingerprint density at radius 3 is 1.36 bits per heavy atom. The summed E-state index contributed by atoms with van der Waals surface area (Å²) in [6.07, 6.45) is 8.88. The van der Waals surface area contributed by atoms with Crippen LogP contribution >= 0.6 is 15.9 Å². The number of hydrogen-bond acceptors (Lipinski definition) is 15. The second-order valence-corrected chi connectivity index (χ2v) is 23.6. The van der Waals surface area contributed by atoms with Gasteiger partial charge in [-0.15, -0.1) is 0 Å². The Labute approximate surface area is 488 Å². The summed E-state index contributed by atoms with van der Waals surface area (Å²) in [4.78, 5) is 65.6. The van der Waals surface area contributed by atoms with E-state index in [-0.39, 0.29) is 47.7 Å². The molecule has 2 N–H and O–H groups in total. The highest BCUT2D eigenvalue weighted by Crippen LogP contribution is 2.34. The third-order valence-corrected chi connectivity index (χ3v) is 14.0. The number of piperazine rings is 2. The van der Waals surface area contributed by atoms with Crippen LogP contribution in [0.15, 0.2) is 78.2 Å². The minimum Gasteiger partial charge on any atom is -0.444 e. The van der Waals surface area contributed by atoms with Crippen molar-refractivity contribution in [1.29, 1.82) is 0 Å². The van der Waals surface area contributed by atoms with Crippen molar-refractivity contribution in [2.75, 3.05) is 67.9 Å².